The standard InChI is InChI=1S/C23H33N3O4S2/c27-22(25-14-7-4-8-15-25)13-16-26-20-12-11-19(17-21(20)31-23(26)28)32(29,30)24-18-9-5-2-1-3-6-10-18/h11-12,17-18,24H,1-10,13-16H2. The molecule has 9 heteroatoms. The lowest BCUT2D eigenvalue weighted by Crippen LogP contribution is -2.36. The fourth-order valence-corrected chi connectivity index (χ4v) is 7.16. The molecule has 0 bridgehead atoms. The maximum Gasteiger partial charge on any atom is 0.308 e. The molecule has 2 aliphatic rings. The molecule has 2 fully saturated rings. The van der Waals surface area contributed by atoms with Gasteiger partial charge in [0.15, 0.2) is 0 Å². The van der Waals surface area contributed by atoms with Crippen molar-refractivity contribution >= 4 is 37.5 Å². The van der Waals surface area contributed by atoms with Crippen LogP contribution in [0.15, 0.2) is 27.9 Å². The quantitative estimate of drug-likeness (QED) is 0.681. The van der Waals surface area contributed by atoms with Crippen molar-refractivity contribution in [1.82, 2.24) is 14.2 Å². The van der Waals surface area contributed by atoms with E-state index in [0.29, 0.717) is 16.8 Å². The number of nitrogens with zero attached hydrogens (tertiary/aromatic N) is 2. The monoisotopic (exact) mass is 479 g/mol. The highest BCUT2D eigenvalue weighted by atomic mass is 32.2. The minimum absolute atomic E-state index is 0.0277. The van der Waals surface area contributed by atoms with E-state index in [-0.39, 0.29) is 28.1 Å². The zero-order chi connectivity index (χ0) is 22.6. The van der Waals surface area contributed by atoms with Crippen LogP contribution in [0.5, 0.6) is 0 Å². The number of fused-ring (bicyclic) bond motifs is 1. The van der Waals surface area contributed by atoms with Crippen LogP contribution in [0.3, 0.4) is 0 Å². The van der Waals surface area contributed by atoms with E-state index in [1.807, 2.05) is 4.90 Å². The van der Waals surface area contributed by atoms with E-state index in [2.05, 4.69) is 4.72 Å². The molecular weight excluding hydrogens is 446 g/mol. The molecule has 1 aliphatic carbocycles. The molecule has 1 saturated heterocycles. The van der Waals surface area contributed by atoms with E-state index in [0.717, 1.165) is 75.8 Å². The van der Waals surface area contributed by atoms with Gasteiger partial charge in [-0.1, -0.05) is 43.4 Å². The summed E-state index contributed by atoms with van der Waals surface area (Å²) in [4.78, 5) is 27.0. The van der Waals surface area contributed by atoms with Crippen LogP contribution >= 0.6 is 11.3 Å². The molecule has 1 N–H and O–H groups in total. The molecule has 2 aromatic rings. The molecule has 2 heterocycles. The third kappa shape index (κ3) is 5.61. The molecule has 1 saturated carbocycles. The van der Waals surface area contributed by atoms with Gasteiger partial charge in [0.05, 0.1) is 15.1 Å². The number of likely N-dealkylation sites (tertiary alicyclic amines) is 1. The number of carbonyl (C=O) groups is 1. The number of sulfonamides is 1. The molecule has 1 amide bonds. The molecule has 0 spiro atoms. The van der Waals surface area contributed by atoms with Crippen LogP contribution in [0.2, 0.25) is 0 Å². The van der Waals surface area contributed by atoms with Crippen molar-refractivity contribution in [3.8, 4) is 0 Å². The number of rotatable bonds is 6. The molecule has 1 aliphatic heterocycles. The second kappa shape index (κ2) is 10.5. The molecule has 7 nitrogen and oxygen atoms in total. The SMILES string of the molecule is O=C(CCn1c(=O)sc2cc(S(=O)(=O)NC3CCCCCCC3)ccc21)N1CCCCC1. The number of hydrogen-bond donors (Lipinski definition) is 1. The Morgan fingerprint density at radius 2 is 1.66 bits per heavy atom. The van der Waals surface area contributed by atoms with Crippen LogP contribution in [-0.2, 0) is 21.4 Å². The topological polar surface area (TPSA) is 88.5 Å². The predicted molar refractivity (Wildman–Crippen MR) is 128 cm³/mol. The number of aromatic nitrogens is 1. The van der Waals surface area contributed by atoms with E-state index in [9.17, 15) is 18.0 Å². The fraction of sp³-hybridized carbons (Fsp3) is 0.652. The normalized spacial score (nSPS) is 19.1. The molecular formula is C23H33N3O4S2. The van der Waals surface area contributed by atoms with Gasteiger partial charge in [0.1, 0.15) is 0 Å². The van der Waals surface area contributed by atoms with Crippen molar-refractivity contribution in [2.75, 3.05) is 13.1 Å². The van der Waals surface area contributed by atoms with E-state index >= 15 is 0 Å². The van der Waals surface area contributed by atoms with Crippen LogP contribution < -0.4 is 9.60 Å². The maximum atomic E-state index is 13.0. The Kier molecular flexibility index (Phi) is 7.68. The van der Waals surface area contributed by atoms with Gasteiger partial charge in [-0.2, -0.15) is 0 Å². The van der Waals surface area contributed by atoms with Gasteiger partial charge in [-0.05, 0) is 50.3 Å². The number of aryl methyl sites for hydroxylation is 1. The van der Waals surface area contributed by atoms with Crippen LogP contribution in [0.1, 0.15) is 70.6 Å². The van der Waals surface area contributed by atoms with E-state index in [1.165, 1.54) is 12.8 Å². The number of amides is 1. The van der Waals surface area contributed by atoms with Gasteiger partial charge in [-0.3, -0.25) is 14.2 Å². The molecule has 1 aromatic heterocycles. The average Bonchev–Trinajstić information content (AvgIpc) is 3.08. The summed E-state index contributed by atoms with van der Waals surface area (Å²) in [6.07, 6.45) is 10.9. The summed E-state index contributed by atoms with van der Waals surface area (Å²) in [6, 6.07) is 4.84. The molecule has 0 unspecified atom stereocenters. The van der Waals surface area contributed by atoms with E-state index in [1.54, 1.807) is 22.8 Å². The Labute approximate surface area is 193 Å². The van der Waals surface area contributed by atoms with Crippen molar-refractivity contribution < 1.29 is 13.2 Å². The minimum atomic E-state index is -3.64. The summed E-state index contributed by atoms with van der Waals surface area (Å²) >= 11 is 1.04. The summed E-state index contributed by atoms with van der Waals surface area (Å²) in [5, 5.41) is 0. The van der Waals surface area contributed by atoms with Gasteiger partial charge in [-0.25, -0.2) is 13.1 Å². The van der Waals surface area contributed by atoms with Crippen LogP contribution in [-0.4, -0.2) is 42.9 Å². The van der Waals surface area contributed by atoms with E-state index in [4.69, 9.17) is 0 Å². The largest absolute Gasteiger partial charge is 0.343 e. The summed E-state index contributed by atoms with van der Waals surface area (Å²) in [5.74, 6) is 0.0820. The zero-order valence-electron chi connectivity index (χ0n) is 18.6. The van der Waals surface area contributed by atoms with E-state index < -0.39 is 10.0 Å². The first-order valence-electron chi connectivity index (χ1n) is 11.9. The Hall–Kier alpha value is -1.71. The summed E-state index contributed by atoms with van der Waals surface area (Å²) in [6.45, 7) is 1.92. The lowest BCUT2D eigenvalue weighted by Gasteiger charge is -2.26. The minimum Gasteiger partial charge on any atom is -0.343 e. The molecule has 0 atom stereocenters. The smallest absolute Gasteiger partial charge is 0.308 e. The first-order chi connectivity index (χ1) is 15.4. The zero-order valence-corrected chi connectivity index (χ0v) is 20.2. The number of benzene rings is 1. The fourth-order valence-electron chi connectivity index (χ4n) is 4.80. The lowest BCUT2D eigenvalue weighted by atomic mass is 9.97. The number of nitrogens with one attached hydrogen (secondary N) is 1. The summed E-state index contributed by atoms with van der Waals surface area (Å²) in [7, 11) is -3.64. The van der Waals surface area contributed by atoms with Gasteiger partial charge in [0, 0.05) is 32.1 Å². The Balaban J connectivity index is 1.47. The molecule has 1 aromatic carbocycles. The molecule has 32 heavy (non-hydrogen) atoms. The first kappa shape index (κ1) is 23.4. The average molecular weight is 480 g/mol. The Morgan fingerprint density at radius 3 is 2.38 bits per heavy atom. The number of piperidine rings is 1. The Morgan fingerprint density at radius 1 is 1.00 bits per heavy atom. The summed E-state index contributed by atoms with van der Waals surface area (Å²) < 4.78 is 31.1. The van der Waals surface area contributed by atoms with Crippen molar-refractivity contribution in [2.24, 2.45) is 0 Å². The van der Waals surface area contributed by atoms with Gasteiger partial charge >= 0.3 is 4.87 Å². The second-order valence-corrected chi connectivity index (χ2v) is 11.7. The van der Waals surface area contributed by atoms with Gasteiger partial charge in [0.25, 0.3) is 0 Å². The molecule has 0 radical (unpaired) electrons. The molecule has 4 rings (SSSR count). The van der Waals surface area contributed by atoms with Crippen LogP contribution in [0, 0.1) is 0 Å². The van der Waals surface area contributed by atoms with Crippen molar-refractivity contribution in [3.63, 3.8) is 0 Å². The van der Waals surface area contributed by atoms with Crippen LogP contribution in [0.25, 0.3) is 10.2 Å². The number of thiazole rings is 1. The van der Waals surface area contributed by atoms with Crippen molar-refractivity contribution in [1.29, 1.82) is 0 Å². The van der Waals surface area contributed by atoms with Crippen LogP contribution in [0.4, 0.5) is 0 Å². The van der Waals surface area contributed by atoms with Crippen molar-refractivity contribution in [2.45, 2.75) is 88.1 Å². The second-order valence-electron chi connectivity index (χ2n) is 9.00. The van der Waals surface area contributed by atoms with Gasteiger partial charge < -0.3 is 4.90 Å². The highest BCUT2D eigenvalue weighted by molar-refractivity contribution is 7.89. The maximum absolute atomic E-state index is 13.0. The van der Waals surface area contributed by atoms with Gasteiger partial charge in [-0.15, -0.1) is 0 Å². The lowest BCUT2D eigenvalue weighted by molar-refractivity contribution is -0.132. The predicted octanol–water partition coefficient (Wildman–Crippen LogP) is 3.86. The number of hydrogen-bond acceptors (Lipinski definition) is 5. The van der Waals surface area contributed by atoms with Gasteiger partial charge in [0.2, 0.25) is 15.9 Å². The highest BCUT2D eigenvalue weighted by Gasteiger charge is 2.22. The third-order valence-corrected chi connectivity index (χ3v) is 9.10. The van der Waals surface area contributed by atoms with Crippen molar-refractivity contribution in [3.05, 3.63) is 27.9 Å². The summed E-state index contributed by atoms with van der Waals surface area (Å²) in [5.41, 5.74) is 0.691. The number of carbonyl (C=O) groups excluding carboxylic acids is 1. The third-order valence-electron chi connectivity index (χ3n) is 6.64. The molecule has 176 valence electrons. The highest BCUT2D eigenvalue weighted by Crippen LogP contribution is 2.24. The Bertz CT molecular complexity index is 1090. The first-order valence-corrected chi connectivity index (χ1v) is 14.2.